The van der Waals surface area contributed by atoms with E-state index >= 15 is 0 Å². The van der Waals surface area contributed by atoms with Gasteiger partial charge in [0.1, 0.15) is 0 Å². The average molecular weight is 262 g/mol. The fraction of sp³-hybridized carbons (Fsp3) is 0.400. The van der Waals surface area contributed by atoms with Crippen molar-refractivity contribution >= 4 is 0 Å². The Morgan fingerprint density at radius 3 is 1.35 bits per heavy atom. The Morgan fingerprint density at radius 1 is 0.650 bits per heavy atom. The third-order valence-corrected chi connectivity index (χ3v) is 5.34. The molecule has 20 heavy (non-hydrogen) atoms. The van der Waals surface area contributed by atoms with E-state index in [2.05, 4.69) is 50.3 Å². The highest BCUT2D eigenvalue weighted by Crippen LogP contribution is 2.51. The third kappa shape index (κ3) is 1.98. The first-order chi connectivity index (χ1) is 9.69. The van der Waals surface area contributed by atoms with Gasteiger partial charge in [-0.2, -0.15) is 0 Å². The van der Waals surface area contributed by atoms with Gasteiger partial charge < -0.3 is 0 Å². The Labute approximate surface area is 122 Å². The zero-order chi connectivity index (χ0) is 13.7. The largest absolute Gasteiger partial charge is 0.0624 e. The first-order valence-corrected chi connectivity index (χ1v) is 7.86. The van der Waals surface area contributed by atoms with Crippen molar-refractivity contribution in [2.24, 2.45) is 11.8 Å². The van der Waals surface area contributed by atoms with E-state index in [0.29, 0.717) is 0 Å². The normalized spacial score (nSPS) is 31.5. The second kappa shape index (κ2) is 4.48. The maximum Gasteiger partial charge on any atom is -0.0262 e. The minimum Gasteiger partial charge on any atom is -0.0624 e. The summed E-state index contributed by atoms with van der Waals surface area (Å²) in [6, 6.07) is 0. The van der Waals surface area contributed by atoms with Crippen LogP contribution in [0.3, 0.4) is 0 Å². The van der Waals surface area contributed by atoms with Crippen LogP contribution in [0, 0.1) is 11.8 Å². The van der Waals surface area contributed by atoms with Gasteiger partial charge in [-0.25, -0.2) is 0 Å². The molecule has 2 fully saturated rings. The summed E-state index contributed by atoms with van der Waals surface area (Å²) >= 11 is 0. The predicted octanol–water partition coefficient (Wildman–Crippen LogP) is 5.43. The zero-order valence-corrected chi connectivity index (χ0v) is 12.4. The molecule has 0 aromatic heterocycles. The lowest BCUT2D eigenvalue weighted by Crippen LogP contribution is -1.95. The van der Waals surface area contributed by atoms with Gasteiger partial charge in [0.05, 0.1) is 0 Å². The first-order valence-electron chi connectivity index (χ1n) is 7.86. The molecular weight excluding hydrogens is 240 g/mol. The van der Waals surface area contributed by atoms with Gasteiger partial charge in [0, 0.05) is 0 Å². The van der Waals surface area contributed by atoms with Crippen LogP contribution in [-0.4, -0.2) is 0 Å². The van der Waals surface area contributed by atoms with E-state index in [0.717, 1.165) is 11.8 Å². The summed E-state index contributed by atoms with van der Waals surface area (Å²) in [5, 5.41) is 0. The van der Waals surface area contributed by atoms with Crippen molar-refractivity contribution in [3.8, 4) is 0 Å². The maximum atomic E-state index is 2.36. The molecule has 0 spiro atoms. The van der Waals surface area contributed by atoms with Crippen molar-refractivity contribution in [3.05, 3.63) is 69.9 Å². The van der Waals surface area contributed by atoms with Crippen molar-refractivity contribution in [2.75, 3.05) is 0 Å². The van der Waals surface area contributed by atoms with E-state index in [-0.39, 0.29) is 0 Å². The molecule has 0 amide bonds. The molecule has 0 nitrogen and oxygen atoms in total. The van der Waals surface area contributed by atoms with E-state index in [1.54, 1.807) is 11.1 Å². The van der Waals surface area contributed by atoms with Crippen LogP contribution >= 0.6 is 0 Å². The minimum absolute atomic E-state index is 0.908. The van der Waals surface area contributed by atoms with Crippen LogP contribution in [0.5, 0.6) is 0 Å². The van der Waals surface area contributed by atoms with Crippen molar-refractivity contribution in [2.45, 2.75) is 39.5 Å². The number of rotatable bonds is 0. The van der Waals surface area contributed by atoms with Crippen LogP contribution in [0.2, 0.25) is 0 Å². The third-order valence-electron chi connectivity index (χ3n) is 5.34. The predicted molar refractivity (Wildman–Crippen MR) is 85.3 cm³/mol. The summed E-state index contributed by atoms with van der Waals surface area (Å²) in [6.07, 6.45) is 19.2. The van der Waals surface area contributed by atoms with Gasteiger partial charge in [-0.05, 0) is 62.5 Å². The van der Waals surface area contributed by atoms with Gasteiger partial charge in [-0.15, -0.1) is 0 Å². The van der Waals surface area contributed by atoms with Gasteiger partial charge in [0.25, 0.3) is 0 Å². The summed E-state index contributed by atoms with van der Waals surface area (Å²) < 4.78 is 0. The summed E-state index contributed by atoms with van der Waals surface area (Å²) in [4.78, 5) is 0. The van der Waals surface area contributed by atoms with Gasteiger partial charge in [0.2, 0.25) is 0 Å². The summed E-state index contributed by atoms with van der Waals surface area (Å²) in [5.41, 5.74) is 9.27. The number of allylic oxidation sites excluding steroid dienone is 12. The van der Waals surface area contributed by atoms with Crippen LogP contribution in [0.25, 0.3) is 0 Å². The second-order valence-corrected chi connectivity index (χ2v) is 6.90. The van der Waals surface area contributed by atoms with Crippen LogP contribution < -0.4 is 0 Å². The highest BCUT2D eigenvalue weighted by molar-refractivity contribution is 5.51. The maximum absolute atomic E-state index is 2.36. The Kier molecular flexibility index (Phi) is 2.73. The molecule has 4 aliphatic rings. The smallest absolute Gasteiger partial charge is 0.0262 e. The van der Waals surface area contributed by atoms with E-state index < -0.39 is 0 Å². The van der Waals surface area contributed by atoms with E-state index in [9.17, 15) is 0 Å². The molecular formula is C20H22. The molecule has 2 saturated carbocycles. The molecule has 0 saturated heterocycles. The van der Waals surface area contributed by atoms with Crippen LogP contribution in [-0.2, 0) is 0 Å². The minimum atomic E-state index is 0.908. The molecule has 0 atom stereocenters. The fourth-order valence-electron chi connectivity index (χ4n) is 4.28. The van der Waals surface area contributed by atoms with Gasteiger partial charge in [-0.1, -0.05) is 58.7 Å². The number of fused-ring (bicyclic) bond motifs is 1. The van der Waals surface area contributed by atoms with Crippen molar-refractivity contribution in [1.82, 2.24) is 0 Å². The van der Waals surface area contributed by atoms with Crippen LogP contribution in [0.15, 0.2) is 69.9 Å². The Bertz CT molecular complexity index is 570. The van der Waals surface area contributed by atoms with Gasteiger partial charge in [-0.3, -0.25) is 0 Å². The van der Waals surface area contributed by atoms with Crippen LogP contribution in [0.4, 0.5) is 0 Å². The Hall–Kier alpha value is -1.56. The Morgan fingerprint density at radius 2 is 1.05 bits per heavy atom. The quantitative estimate of drug-likeness (QED) is 0.546. The van der Waals surface area contributed by atoms with E-state index in [4.69, 9.17) is 0 Å². The first kappa shape index (κ1) is 12.2. The van der Waals surface area contributed by atoms with E-state index in [1.807, 2.05) is 0 Å². The molecule has 0 aromatic carbocycles. The summed E-state index contributed by atoms with van der Waals surface area (Å²) in [5.74, 6) is 1.82. The molecule has 0 radical (unpaired) electrons. The summed E-state index contributed by atoms with van der Waals surface area (Å²) in [7, 11) is 0. The molecule has 102 valence electrons. The molecule has 0 heterocycles. The monoisotopic (exact) mass is 262 g/mol. The van der Waals surface area contributed by atoms with Crippen molar-refractivity contribution in [3.63, 3.8) is 0 Å². The second-order valence-electron chi connectivity index (χ2n) is 6.90. The number of hydrogen-bond acceptors (Lipinski definition) is 0. The molecule has 4 aliphatic carbocycles. The topological polar surface area (TPSA) is 0 Å². The summed E-state index contributed by atoms with van der Waals surface area (Å²) in [6.45, 7) is 4.40. The lowest BCUT2D eigenvalue weighted by atomic mass is 9.99. The lowest BCUT2D eigenvalue weighted by molar-refractivity contribution is 0.457. The molecule has 0 N–H and O–H groups in total. The SMILES string of the molecule is CC1=CC(=C2CC3CC(=C4C=CC(C)=C4)CC3C2)C=C1. The highest BCUT2D eigenvalue weighted by Gasteiger charge is 2.38. The average Bonchev–Trinajstić information content (AvgIpc) is 3.09. The molecule has 0 heteroatoms. The standard InChI is InChI=1S/C20H22/c1-13-3-5-15(7-13)17-9-19-11-18(12-20(19)10-17)16-6-4-14(2)8-16/h3-8,19-20H,9-12H2,1-2H3. The zero-order valence-electron chi connectivity index (χ0n) is 12.4. The fourth-order valence-corrected chi connectivity index (χ4v) is 4.28. The molecule has 0 unspecified atom stereocenters. The Balaban J connectivity index is 1.55. The molecule has 0 aliphatic heterocycles. The highest BCUT2D eigenvalue weighted by atomic mass is 14.4. The molecule has 0 aromatic rings. The number of hydrogen-bond donors (Lipinski definition) is 0. The molecule has 4 rings (SSSR count). The lowest BCUT2D eigenvalue weighted by Gasteiger charge is -2.06. The molecule has 0 bridgehead atoms. The van der Waals surface area contributed by atoms with Crippen molar-refractivity contribution in [1.29, 1.82) is 0 Å². The van der Waals surface area contributed by atoms with Crippen molar-refractivity contribution < 1.29 is 0 Å². The van der Waals surface area contributed by atoms with E-state index in [1.165, 1.54) is 48.0 Å². The van der Waals surface area contributed by atoms with Crippen LogP contribution in [0.1, 0.15) is 39.5 Å². The van der Waals surface area contributed by atoms with Gasteiger partial charge >= 0.3 is 0 Å². The van der Waals surface area contributed by atoms with Gasteiger partial charge in [0.15, 0.2) is 0 Å².